The summed E-state index contributed by atoms with van der Waals surface area (Å²) < 4.78 is 27.7. The average molecular weight is 220 g/mol. The van der Waals surface area contributed by atoms with Gasteiger partial charge in [-0.15, -0.1) is 0 Å². The van der Waals surface area contributed by atoms with Gasteiger partial charge in [-0.3, -0.25) is 0 Å². The monoisotopic (exact) mass is 220 g/mol. The summed E-state index contributed by atoms with van der Waals surface area (Å²) in [5.41, 5.74) is 1.13. The maximum atomic E-state index is 13.8. The molecule has 1 atom stereocenters. The first-order valence-corrected chi connectivity index (χ1v) is 5.40. The molecule has 0 fully saturated rings. The third-order valence-corrected chi connectivity index (χ3v) is 2.93. The van der Waals surface area contributed by atoms with E-state index >= 15 is 0 Å². The van der Waals surface area contributed by atoms with E-state index in [0.29, 0.717) is 6.42 Å². The summed E-state index contributed by atoms with van der Waals surface area (Å²) in [6.45, 7) is 1.55. The summed E-state index contributed by atoms with van der Waals surface area (Å²) in [5, 5.41) is 0. The fourth-order valence-electron chi connectivity index (χ4n) is 1.86. The van der Waals surface area contributed by atoms with Crippen LogP contribution in [0.25, 0.3) is 0 Å². The third-order valence-electron chi connectivity index (χ3n) is 2.93. The molecule has 0 heterocycles. The van der Waals surface area contributed by atoms with Crippen molar-refractivity contribution < 1.29 is 8.78 Å². The van der Waals surface area contributed by atoms with E-state index in [0.717, 1.165) is 5.56 Å². The van der Waals surface area contributed by atoms with Gasteiger partial charge >= 0.3 is 0 Å². The van der Waals surface area contributed by atoms with Crippen molar-refractivity contribution in [1.29, 1.82) is 0 Å². The molecule has 0 aromatic heterocycles. The second-order valence-electron chi connectivity index (χ2n) is 4.15. The normalized spacial score (nSPS) is 22.9. The first-order valence-electron chi connectivity index (χ1n) is 5.40. The molecule has 1 aromatic rings. The maximum Gasteiger partial charge on any atom is 0.275 e. The smallest absolute Gasteiger partial charge is 0.201 e. The zero-order valence-corrected chi connectivity index (χ0v) is 9.16. The van der Waals surface area contributed by atoms with Gasteiger partial charge in [0.05, 0.1) is 0 Å². The predicted octanol–water partition coefficient (Wildman–Crippen LogP) is 4.00. The molecule has 0 aliphatic heterocycles. The standard InChI is InChI=1S/C14H14F2/c1-11-6-5-9-13(14(11,15)16)10-12-7-3-2-4-8-12/h2-9,11H,10H2,1H3. The van der Waals surface area contributed by atoms with Crippen molar-refractivity contribution in [1.82, 2.24) is 0 Å². The fraction of sp³-hybridized carbons (Fsp3) is 0.286. The van der Waals surface area contributed by atoms with Crippen LogP contribution in [0.15, 0.2) is 54.1 Å². The van der Waals surface area contributed by atoms with Crippen LogP contribution in [0.3, 0.4) is 0 Å². The highest BCUT2D eigenvalue weighted by atomic mass is 19.3. The van der Waals surface area contributed by atoms with E-state index < -0.39 is 11.8 Å². The Morgan fingerprint density at radius 3 is 2.56 bits per heavy atom. The summed E-state index contributed by atoms with van der Waals surface area (Å²) in [6.07, 6.45) is 5.13. The van der Waals surface area contributed by atoms with Crippen LogP contribution in [-0.4, -0.2) is 5.92 Å². The molecule has 0 N–H and O–H groups in total. The molecule has 0 spiro atoms. The zero-order chi connectivity index (χ0) is 11.6. The van der Waals surface area contributed by atoms with Crippen molar-refractivity contribution in [2.24, 2.45) is 5.92 Å². The van der Waals surface area contributed by atoms with Crippen molar-refractivity contribution in [2.45, 2.75) is 19.3 Å². The van der Waals surface area contributed by atoms with Gasteiger partial charge in [0.2, 0.25) is 0 Å². The summed E-state index contributed by atoms with van der Waals surface area (Å²) in [4.78, 5) is 0. The maximum absolute atomic E-state index is 13.8. The molecule has 0 saturated carbocycles. The Morgan fingerprint density at radius 2 is 1.88 bits per heavy atom. The van der Waals surface area contributed by atoms with Gasteiger partial charge in [-0.05, 0) is 12.0 Å². The van der Waals surface area contributed by atoms with E-state index in [-0.39, 0.29) is 5.57 Å². The lowest BCUT2D eigenvalue weighted by atomic mass is 9.87. The van der Waals surface area contributed by atoms with Gasteiger partial charge in [0.15, 0.2) is 0 Å². The minimum absolute atomic E-state index is 0.203. The van der Waals surface area contributed by atoms with E-state index in [4.69, 9.17) is 0 Å². The van der Waals surface area contributed by atoms with Crippen LogP contribution in [0.4, 0.5) is 8.78 Å². The zero-order valence-electron chi connectivity index (χ0n) is 9.16. The fourth-order valence-corrected chi connectivity index (χ4v) is 1.86. The van der Waals surface area contributed by atoms with Crippen LogP contribution in [-0.2, 0) is 6.42 Å². The molecule has 0 bridgehead atoms. The molecule has 2 rings (SSSR count). The molecule has 84 valence electrons. The second-order valence-corrected chi connectivity index (χ2v) is 4.15. The lowest BCUT2D eigenvalue weighted by molar-refractivity contribution is 0.00108. The number of halogens is 2. The number of rotatable bonds is 2. The Morgan fingerprint density at radius 1 is 1.19 bits per heavy atom. The number of hydrogen-bond acceptors (Lipinski definition) is 0. The van der Waals surface area contributed by atoms with Gasteiger partial charge in [0.25, 0.3) is 5.92 Å². The quantitative estimate of drug-likeness (QED) is 0.706. The first-order chi connectivity index (χ1) is 7.60. The van der Waals surface area contributed by atoms with E-state index in [2.05, 4.69) is 0 Å². The largest absolute Gasteiger partial charge is 0.275 e. The van der Waals surface area contributed by atoms with Gasteiger partial charge in [-0.25, -0.2) is 8.78 Å². The highest BCUT2D eigenvalue weighted by molar-refractivity contribution is 5.32. The average Bonchev–Trinajstić information content (AvgIpc) is 2.27. The molecule has 0 nitrogen and oxygen atoms in total. The number of hydrogen-bond donors (Lipinski definition) is 0. The van der Waals surface area contributed by atoms with E-state index in [1.165, 1.54) is 6.08 Å². The van der Waals surface area contributed by atoms with Gasteiger partial charge in [0, 0.05) is 11.5 Å². The Bertz CT molecular complexity index is 416. The third kappa shape index (κ3) is 2.06. The lowest BCUT2D eigenvalue weighted by Gasteiger charge is -2.26. The first kappa shape index (κ1) is 11.1. The molecular weight excluding hydrogens is 206 g/mol. The van der Waals surface area contributed by atoms with Gasteiger partial charge in [0.1, 0.15) is 0 Å². The molecule has 1 unspecified atom stereocenters. The predicted molar refractivity (Wildman–Crippen MR) is 61.5 cm³/mol. The highest BCUT2D eigenvalue weighted by Crippen LogP contribution is 2.37. The molecule has 1 aliphatic rings. The Kier molecular flexibility index (Phi) is 2.90. The van der Waals surface area contributed by atoms with Crippen LogP contribution < -0.4 is 0 Å². The molecule has 0 amide bonds. The Labute approximate surface area is 94.3 Å². The molecule has 1 aromatic carbocycles. The van der Waals surface area contributed by atoms with Crippen molar-refractivity contribution in [3.63, 3.8) is 0 Å². The summed E-state index contributed by atoms with van der Waals surface area (Å²) in [5.74, 6) is -3.43. The number of allylic oxidation sites excluding steroid dienone is 4. The van der Waals surface area contributed by atoms with Crippen LogP contribution in [0.5, 0.6) is 0 Å². The highest BCUT2D eigenvalue weighted by Gasteiger charge is 2.39. The minimum Gasteiger partial charge on any atom is -0.201 e. The van der Waals surface area contributed by atoms with Crippen LogP contribution >= 0.6 is 0 Å². The number of alkyl halides is 2. The van der Waals surface area contributed by atoms with Crippen molar-refractivity contribution in [3.05, 3.63) is 59.7 Å². The van der Waals surface area contributed by atoms with E-state index in [9.17, 15) is 8.78 Å². The summed E-state index contributed by atoms with van der Waals surface area (Å²) in [6, 6.07) is 9.38. The Hall–Kier alpha value is -1.44. The molecule has 0 radical (unpaired) electrons. The number of benzene rings is 1. The van der Waals surface area contributed by atoms with E-state index in [1.54, 1.807) is 19.1 Å². The van der Waals surface area contributed by atoms with Crippen molar-refractivity contribution >= 4 is 0 Å². The van der Waals surface area contributed by atoms with Crippen LogP contribution in [0.2, 0.25) is 0 Å². The second kappa shape index (κ2) is 4.20. The van der Waals surface area contributed by atoms with Gasteiger partial charge in [-0.2, -0.15) is 0 Å². The summed E-state index contributed by atoms with van der Waals surface area (Å²) >= 11 is 0. The van der Waals surface area contributed by atoms with Crippen LogP contribution in [0, 0.1) is 5.92 Å². The van der Waals surface area contributed by atoms with Gasteiger partial charge in [-0.1, -0.05) is 55.5 Å². The van der Waals surface area contributed by atoms with Crippen molar-refractivity contribution in [2.75, 3.05) is 0 Å². The summed E-state index contributed by atoms with van der Waals surface area (Å²) in [7, 11) is 0. The molecule has 16 heavy (non-hydrogen) atoms. The Balaban J connectivity index is 2.22. The SMILES string of the molecule is CC1C=CC=C(Cc2ccccc2)C1(F)F. The molecular formula is C14H14F2. The lowest BCUT2D eigenvalue weighted by Crippen LogP contribution is -2.30. The topological polar surface area (TPSA) is 0 Å². The van der Waals surface area contributed by atoms with Crippen molar-refractivity contribution in [3.8, 4) is 0 Å². The molecule has 1 aliphatic carbocycles. The van der Waals surface area contributed by atoms with Crippen LogP contribution in [0.1, 0.15) is 12.5 Å². The van der Waals surface area contributed by atoms with E-state index in [1.807, 2.05) is 30.3 Å². The minimum atomic E-state index is -2.72. The molecule has 2 heteroatoms. The molecule has 0 saturated heterocycles. The van der Waals surface area contributed by atoms with Gasteiger partial charge < -0.3 is 0 Å².